The van der Waals surface area contributed by atoms with E-state index < -0.39 is 11.7 Å². The van der Waals surface area contributed by atoms with Gasteiger partial charge in [0.15, 0.2) is 0 Å². The highest BCUT2D eigenvalue weighted by atomic mass is 19.4. The number of anilines is 2. The fourth-order valence-corrected chi connectivity index (χ4v) is 2.04. The zero-order valence-electron chi connectivity index (χ0n) is 11.7. The number of nitrogens with two attached hydrogens (primary N) is 1. The second-order valence-corrected chi connectivity index (χ2v) is 4.83. The molecule has 5 heteroatoms. The van der Waals surface area contributed by atoms with Crippen molar-refractivity contribution in [1.29, 1.82) is 0 Å². The van der Waals surface area contributed by atoms with Crippen LogP contribution in [0.1, 0.15) is 23.6 Å². The topological polar surface area (TPSA) is 38.0 Å². The van der Waals surface area contributed by atoms with Crippen molar-refractivity contribution in [3.63, 3.8) is 0 Å². The SMILES string of the molecule is CCc1ccc(CNc2ccc(N)cc2C(F)(F)F)cc1. The first-order valence-electron chi connectivity index (χ1n) is 6.68. The molecule has 2 aromatic carbocycles. The van der Waals surface area contributed by atoms with Gasteiger partial charge in [0.05, 0.1) is 5.56 Å². The predicted octanol–water partition coefficient (Wildman–Crippen LogP) is 4.46. The Bertz CT molecular complexity index is 604. The fraction of sp³-hybridized carbons (Fsp3) is 0.250. The number of benzene rings is 2. The van der Waals surface area contributed by atoms with E-state index in [0.717, 1.165) is 18.1 Å². The lowest BCUT2D eigenvalue weighted by Crippen LogP contribution is -2.11. The molecule has 3 N–H and O–H groups in total. The van der Waals surface area contributed by atoms with Crippen LogP contribution >= 0.6 is 0 Å². The van der Waals surface area contributed by atoms with Crippen LogP contribution in [0.25, 0.3) is 0 Å². The summed E-state index contributed by atoms with van der Waals surface area (Å²) in [4.78, 5) is 0. The third-order valence-corrected chi connectivity index (χ3v) is 3.26. The molecule has 0 amide bonds. The van der Waals surface area contributed by atoms with Crippen molar-refractivity contribution in [3.05, 3.63) is 59.2 Å². The molecule has 0 aliphatic rings. The van der Waals surface area contributed by atoms with Crippen molar-refractivity contribution in [2.24, 2.45) is 0 Å². The Balaban J connectivity index is 2.15. The van der Waals surface area contributed by atoms with Crippen LogP contribution in [0.3, 0.4) is 0 Å². The molecule has 0 aromatic heterocycles. The van der Waals surface area contributed by atoms with Crippen molar-refractivity contribution in [3.8, 4) is 0 Å². The molecule has 0 aliphatic carbocycles. The zero-order chi connectivity index (χ0) is 15.5. The zero-order valence-corrected chi connectivity index (χ0v) is 11.7. The Kier molecular flexibility index (Phi) is 4.40. The van der Waals surface area contributed by atoms with E-state index in [1.807, 2.05) is 24.3 Å². The van der Waals surface area contributed by atoms with Crippen LogP contribution in [-0.2, 0) is 19.1 Å². The monoisotopic (exact) mass is 294 g/mol. The van der Waals surface area contributed by atoms with E-state index in [9.17, 15) is 13.2 Å². The van der Waals surface area contributed by atoms with Crippen LogP contribution in [0.4, 0.5) is 24.5 Å². The summed E-state index contributed by atoms with van der Waals surface area (Å²) in [5.41, 5.74) is 6.95. The van der Waals surface area contributed by atoms with Gasteiger partial charge in [-0.15, -0.1) is 0 Å². The Morgan fingerprint density at radius 2 is 1.62 bits per heavy atom. The summed E-state index contributed by atoms with van der Waals surface area (Å²) in [6, 6.07) is 11.5. The predicted molar refractivity (Wildman–Crippen MR) is 79.0 cm³/mol. The van der Waals surface area contributed by atoms with Gasteiger partial charge in [-0.1, -0.05) is 31.2 Å². The molecule has 0 unspecified atom stereocenters. The quantitative estimate of drug-likeness (QED) is 0.817. The molecule has 0 saturated heterocycles. The average molecular weight is 294 g/mol. The molecule has 112 valence electrons. The molecular formula is C16H17F3N2. The van der Waals surface area contributed by atoms with Gasteiger partial charge in [-0.3, -0.25) is 0 Å². The summed E-state index contributed by atoms with van der Waals surface area (Å²) >= 11 is 0. The Morgan fingerprint density at radius 1 is 1.00 bits per heavy atom. The highest BCUT2D eigenvalue weighted by molar-refractivity contribution is 5.59. The van der Waals surface area contributed by atoms with Gasteiger partial charge in [0.1, 0.15) is 0 Å². The maximum Gasteiger partial charge on any atom is 0.418 e. The van der Waals surface area contributed by atoms with Crippen molar-refractivity contribution < 1.29 is 13.2 Å². The van der Waals surface area contributed by atoms with Gasteiger partial charge in [0.25, 0.3) is 0 Å². The van der Waals surface area contributed by atoms with Gasteiger partial charge in [-0.25, -0.2) is 0 Å². The van der Waals surface area contributed by atoms with E-state index in [1.54, 1.807) is 0 Å². The van der Waals surface area contributed by atoms with Crippen LogP contribution in [0.2, 0.25) is 0 Å². The van der Waals surface area contributed by atoms with E-state index in [-0.39, 0.29) is 11.4 Å². The van der Waals surface area contributed by atoms with Gasteiger partial charge < -0.3 is 11.1 Å². The van der Waals surface area contributed by atoms with Gasteiger partial charge >= 0.3 is 6.18 Å². The lowest BCUT2D eigenvalue weighted by Gasteiger charge is -2.15. The number of halogens is 3. The highest BCUT2D eigenvalue weighted by Gasteiger charge is 2.33. The first kappa shape index (κ1) is 15.2. The summed E-state index contributed by atoms with van der Waals surface area (Å²) in [5, 5.41) is 2.83. The summed E-state index contributed by atoms with van der Waals surface area (Å²) in [6.07, 6.45) is -3.49. The normalized spacial score (nSPS) is 11.4. The third-order valence-electron chi connectivity index (χ3n) is 3.26. The van der Waals surface area contributed by atoms with E-state index in [0.29, 0.717) is 6.54 Å². The van der Waals surface area contributed by atoms with Crippen molar-refractivity contribution >= 4 is 11.4 Å². The van der Waals surface area contributed by atoms with E-state index in [1.165, 1.54) is 17.7 Å². The van der Waals surface area contributed by atoms with E-state index in [4.69, 9.17) is 5.73 Å². The lowest BCUT2D eigenvalue weighted by atomic mass is 10.1. The molecule has 2 nitrogen and oxygen atoms in total. The molecular weight excluding hydrogens is 277 g/mol. The minimum absolute atomic E-state index is 0.0382. The van der Waals surface area contributed by atoms with Gasteiger partial charge in [0.2, 0.25) is 0 Å². The number of nitrogen functional groups attached to an aromatic ring is 1. The van der Waals surface area contributed by atoms with Gasteiger partial charge in [0, 0.05) is 17.9 Å². The smallest absolute Gasteiger partial charge is 0.399 e. The molecule has 0 bridgehead atoms. The lowest BCUT2D eigenvalue weighted by molar-refractivity contribution is -0.136. The maximum absolute atomic E-state index is 13.0. The highest BCUT2D eigenvalue weighted by Crippen LogP contribution is 2.36. The van der Waals surface area contributed by atoms with Crippen molar-refractivity contribution in [1.82, 2.24) is 0 Å². The molecule has 0 aliphatic heterocycles. The summed E-state index contributed by atoms with van der Waals surface area (Å²) in [6.45, 7) is 2.38. The number of hydrogen-bond acceptors (Lipinski definition) is 2. The average Bonchev–Trinajstić information content (AvgIpc) is 2.45. The molecule has 2 rings (SSSR count). The number of hydrogen-bond donors (Lipinski definition) is 2. The van der Waals surface area contributed by atoms with Crippen LogP contribution in [0, 0.1) is 0 Å². The van der Waals surface area contributed by atoms with E-state index in [2.05, 4.69) is 12.2 Å². The Morgan fingerprint density at radius 3 is 2.19 bits per heavy atom. The Hall–Kier alpha value is -2.17. The molecule has 0 atom stereocenters. The first-order chi connectivity index (χ1) is 9.90. The molecule has 2 aromatic rings. The number of aryl methyl sites for hydroxylation is 1. The minimum atomic E-state index is -4.43. The summed E-state index contributed by atoms with van der Waals surface area (Å²) < 4.78 is 38.9. The van der Waals surface area contributed by atoms with Crippen molar-refractivity contribution in [2.75, 3.05) is 11.1 Å². The largest absolute Gasteiger partial charge is 0.418 e. The summed E-state index contributed by atoms with van der Waals surface area (Å²) in [7, 11) is 0. The van der Waals surface area contributed by atoms with Crippen molar-refractivity contribution in [2.45, 2.75) is 26.1 Å². The van der Waals surface area contributed by atoms with Crippen LogP contribution in [0.5, 0.6) is 0 Å². The molecule has 21 heavy (non-hydrogen) atoms. The maximum atomic E-state index is 13.0. The fourth-order valence-electron chi connectivity index (χ4n) is 2.04. The Labute approximate surface area is 121 Å². The van der Waals surface area contributed by atoms with Gasteiger partial charge in [-0.05, 0) is 35.7 Å². The third kappa shape index (κ3) is 3.90. The second-order valence-electron chi connectivity index (χ2n) is 4.83. The molecule has 0 spiro atoms. The van der Waals surface area contributed by atoms with Gasteiger partial charge in [-0.2, -0.15) is 13.2 Å². The summed E-state index contributed by atoms with van der Waals surface area (Å²) in [5.74, 6) is 0. The number of rotatable bonds is 4. The standard InChI is InChI=1S/C16H17F3N2/c1-2-11-3-5-12(6-4-11)10-21-15-8-7-13(20)9-14(15)16(17,18)19/h3-9,21H,2,10,20H2,1H3. The van der Waals surface area contributed by atoms with E-state index >= 15 is 0 Å². The molecule has 0 heterocycles. The molecule has 0 fully saturated rings. The molecule has 0 radical (unpaired) electrons. The van der Waals surface area contributed by atoms with Crippen LogP contribution in [-0.4, -0.2) is 0 Å². The number of nitrogens with one attached hydrogen (secondary N) is 1. The first-order valence-corrected chi connectivity index (χ1v) is 6.68. The minimum Gasteiger partial charge on any atom is -0.399 e. The molecule has 0 saturated carbocycles. The number of alkyl halides is 3. The van der Waals surface area contributed by atoms with Crippen LogP contribution < -0.4 is 11.1 Å². The van der Waals surface area contributed by atoms with Crippen LogP contribution in [0.15, 0.2) is 42.5 Å². The second kappa shape index (κ2) is 6.08.